The molecule has 0 aliphatic carbocycles. The predicted octanol–water partition coefficient (Wildman–Crippen LogP) is 1.63. The molecule has 2 atom stereocenters. The molecule has 3 heterocycles. The monoisotopic (exact) mass is 264 g/mol. The Hall–Kier alpha value is -0.810. The van der Waals surface area contributed by atoms with Crippen LogP contribution in [-0.4, -0.2) is 41.4 Å². The molecule has 0 spiro atoms. The van der Waals surface area contributed by atoms with Gasteiger partial charge in [0.15, 0.2) is 0 Å². The van der Waals surface area contributed by atoms with E-state index in [1.165, 1.54) is 0 Å². The van der Waals surface area contributed by atoms with E-state index in [-0.39, 0.29) is 5.54 Å². The van der Waals surface area contributed by atoms with Gasteiger partial charge >= 0.3 is 0 Å². The van der Waals surface area contributed by atoms with E-state index in [1.807, 2.05) is 0 Å². The van der Waals surface area contributed by atoms with E-state index >= 15 is 0 Å². The van der Waals surface area contributed by atoms with Crippen LogP contribution in [0.2, 0.25) is 0 Å². The van der Waals surface area contributed by atoms with Crippen LogP contribution in [0.25, 0.3) is 0 Å². The van der Waals surface area contributed by atoms with Crippen LogP contribution >= 0.6 is 11.8 Å². The molecule has 2 unspecified atom stereocenters. The first-order chi connectivity index (χ1) is 8.63. The number of thioether (sulfide) groups is 1. The van der Waals surface area contributed by atoms with Crippen molar-refractivity contribution >= 4 is 17.6 Å². The van der Waals surface area contributed by atoms with E-state index in [0.29, 0.717) is 0 Å². The Kier molecular flexibility index (Phi) is 2.98. The molecule has 4 nitrogen and oxygen atoms in total. The fourth-order valence-corrected chi connectivity index (χ4v) is 3.78. The van der Waals surface area contributed by atoms with E-state index in [1.54, 1.807) is 18.1 Å². The molecule has 0 radical (unpaired) electrons. The second-order valence-corrected chi connectivity index (χ2v) is 6.53. The van der Waals surface area contributed by atoms with E-state index in [2.05, 4.69) is 46.4 Å². The third-order valence-corrected chi connectivity index (χ3v) is 5.11. The summed E-state index contributed by atoms with van der Waals surface area (Å²) in [5.74, 6) is 2.56. The van der Waals surface area contributed by atoms with Gasteiger partial charge in [0.2, 0.25) is 0 Å². The summed E-state index contributed by atoms with van der Waals surface area (Å²) >= 11 is 1.67. The van der Waals surface area contributed by atoms with Crippen molar-refractivity contribution in [2.75, 3.05) is 30.8 Å². The van der Waals surface area contributed by atoms with Crippen molar-refractivity contribution in [1.82, 2.24) is 15.3 Å². The Morgan fingerprint density at radius 1 is 1.39 bits per heavy atom. The topological polar surface area (TPSA) is 41.0 Å². The normalized spacial score (nSPS) is 29.6. The van der Waals surface area contributed by atoms with Crippen LogP contribution in [0, 0.1) is 11.8 Å². The molecular weight excluding hydrogens is 244 g/mol. The third kappa shape index (κ3) is 1.80. The van der Waals surface area contributed by atoms with E-state index < -0.39 is 0 Å². The van der Waals surface area contributed by atoms with Crippen molar-refractivity contribution in [2.45, 2.75) is 24.4 Å². The summed E-state index contributed by atoms with van der Waals surface area (Å²) in [5, 5.41) is 4.56. The van der Waals surface area contributed by atoms with Gasteiger partial charge in [-0.25, -0.2) is 9.97 Å². The Morgan fingerprint density at radius 3 is 2.94 bits per heavy atom. The lowest BCUT2D eigenvalue weighted by Crippen LogP contribution is -2.45. The number of fused-ring (bicyclic) bond motifs is 1. The summed E-state index contributed by atoms with van der Waals surface area (Å²) in [6.45, 7) is 8.06. The van der Waals surface area contributed by atoms with Gasteiger partial charge in [-0.3, -0.25) is 0 Å². The molecule has 1 aromatic heterocycles. The van der Waals surface area contributed by atoms with Crippen molar-refractivity contribution < 1.29 is 0 Å². The number of rotatable bonds is 2. The quantitative estimate of drug-likeness (QED) is 0.649. The molecule has 3 rings (SSSR count). The molecule has 0 amide bonds. The molecule has 18 heavy (non-hydrogen) atoms. The minimum absolute atomic E-state index is 0.179. The van der Waals surface area contributed by atoms with Gasteiger partial charge < -0.3 is 10.2 Å². The summed E-state index contributed by atoms with van der Waals surface area (Å²) in [7, 11) is 0. The van der Waals surface area contributed by atoms with Crippen molar-refractivity contribution in [3.8, 4) is 0 Å². The number of nitrogens with zero attached hydrogens (tertiary/aromatic N) is 3. The number of anilines is 1. The van der Waals surface area contributed by atoms with Gasteiger partial charge in [-0.2, -0.15) is 0 Å². The third-order valence-electron chi connectivity index (χ3n) is 4.47. The van der Waals surface area contributed by atoms with Gasteiger partial charge in [0.25, 0.3) is 0 Å². The van der Waals surface area contributed by atoms with Crippen LogP contribution < -0.4 is 10.2 Å². The maximum Gasteiger partial charge on any atom is 0.133 e. The SMILES string of the molecule is CSc1cc(N2CC3CNCC3C2(C)C)ncn1. The molecule has 0 aromatic carbocycles. The second-order valence-electron chi connectivity index (χ2n) is 5.71. The molecule has 1 aromatic rings. The molecule has 0 bridgehead atoms. The zero-order valence-corrected chi connectivity index (χ0v) is 12.0. The highest BCUT2D eigenvalue weighted by atomic mass is 32.2. The predicted molar refractivity (Wildman–Crippen MR) is 75.1 cm³/mol. The summed E-state index contributed by atoms with van der Waals surface area (Å²) in [6.07, 6.45) is 3.74. The minimum Gasteiger partial charge on any atom is -0.351 e. The minimum atomic E-state index is 0.179. The highest BCUT2D eigenvalue weighted by Gasteiger charge is 2.49. The Labute approximate surface area is 113 Å². The van der Waals surface area contributed by atoms with Crippen molar-refractivity contribution in [3.63, 3.8) is 0 Å². The molecular formula is C13H20N4S. The first-order valence-electron chi connectivity index (χ1n) is 6.47. The smallest absolute Gasteiger partial charge is 0.133 e. The Bertz CT molecular complexity index is 448. The van der Waals surface area contributed by atoms with E-state index in [0.717, 1.165) is 42.3 Å². The van der Waals surface area contributed by atoms with E-state index in [4.69, 9.17) is 0 Å². The molecule has 2 aliphatic rings. The molecule has 98 valence electrons. The molecule has 2 saturated heterocycles. The maximum absolute atomic E-state index is 4.47. The van der Waals surface area contributed by atoms with Crippen molar-refractivity contribution in [3.05, 3.63) is 12.4 Å². The summed E-state index contributed by atoms with van der Waals surface area (Å²) in [5.41, 5.74) is 0.179. The summed E-state index contributed by atoms with van der Waals surface area (Å²) in [4.78, 5) is 11.2. The largest absolute Gasteiger partial charge is 0.351 e. The first kappa shape index (κ1) is 12.2. The van der Waals surface area contributed by atoms with Gasteiger partial charge in [-0.05, 0) is 31.9 Å². The van der Waals surface area contributed by atoms with Crippen LogP contribution in [0.5, 0.6) is 0 Å². The van der Waals surface area contributed by atoms with Gasteiger partial charge in [0.1, 0.15) is 17.2 Å². The Balaban J connectivity index is 1.92. The maximum atomic E-state index is 4.47. The highest BCUT2D eigenvalue weighted by Crippen LogP contribution is 2.42. The fourth-order valence-electron chi connectivity index (χ4n) is 3.40. The number of hydrogen-bond acceptors (Lipinski definition) is 5. The molecule has 2 fully saturated rings. The van der Waals surface area contributed by atoms with Crippen LogP contribution in [0.4, 0.5) is 5.82 Å². The molecule has 0 saturated carbocycles. The average molecular weight is 264 g/mol. The fraction of sp³-hybridized carbons (Fsp3) is 0.692. The van der Waals surface area contributed by atoms with Gasteiger partial charge in [0.05, 0.1) is 0 Å². The number of hydrogen-bond donors (Lipinski definition) is 1. The van der Waals surface area contributed by atoms with Crippen LogP contribution in [0.15, 0.2) is 17.4 Å². The van der Waals surface area contributed by atoms with Gasteiger partial charge in [-0.1, -0.05) is 0 Å². The van der Waals surface area contributed by atoms with Gasteiger partial charge in [0, 0.05) is 31.2 Å². The van der Waals surface area contributed by atoms with Crippen molar-refractivity contribution in [2.24, 2.45) is 11.8 Å². The zero-order chi connectivity index (χ0) is 12.8. The van der Waals surface area contributed by atoms with Crippen LogP contribution in [0.3, 0.4) is 0 Å². The van der Waals surface area contributed by atoms with Crippen molar-refractivity contribution in [1.29, 1.82) is 0 Å². The number of nitrogens with one attached hydrogen (secondary N) is 1. The van der Waals surface area contributed by atoms with Crippen LogP contribution in [0.1, 0.15) is 13.8 Å². The lowest BCUT2D eigenvalue weighted by atomic mass is 9.85. The molecule has 5 heteroatoms. The lowest BCUT2D eigenvalue weighted by Gasteiger charge is -2.36. The second kappa shape index (κ2) is 4.38. The Morgan fingerprint density at radius 2 is 2.22 bits per heavy atom. The first-order valence-corrected chi connectivity index (χ1v) is 7.70. The van der Waals surface area contributed by atoms with Gasteiger partial charge in [-0.15, -0.1) is 11.8 Å². The number of aromatic nitrogens is 2. The standard InChI is InChI=1S/C13H20N4S/c1-13(2)10-6-14-5-9(10)7-17(13)11-4-12(18-3)16-8-15-11/h4,8-10,14H,5-7H2,1-3H3. The molecule has 2 aliphatic heterocycles. The lowest BCUT2D eigenvalue weighted by molar-refractivity contribution is 0.356. The van der Waals surface area contributed by atoms with Crippen LogP contribution in [-0.2, 0) is 0 Å². The van der Waals surface area contributed by atoms with E-state index in [9.17, 15) is 0 Å². The summed E-state index contributed by atoms with van der Waals surface area (Å²) in [6, 6.07) is 2.11. The zero-order valence-electron chi connectivity index (χ0n) is 11.2. The highest BCUT2D eigenvalue weighted by molar-refractivity contribution is 7.98. The average Bonchev–Trinajstić information content (AvgIpc) is 2.92. The summed E-state index contributed by atoms with van der Waals surface area (Å²) < 4.78 is 0. The molecule has 1 N–H and O–H groups in total.